The quantitative estimate of drug-likeness (QED) is 0.646. The number of carbonyl (C=O) groups is 1. The molecule has 1 aromatic rings. The highest BCUT2D eigenvalue weighted by atomic mass is 16.5. The van der Waals surface area contributed by atoms with Gasteiger partial charge in [0.05, 0.1) is 25.4 Å². The number of hydrogen-bond donors (Lipinski definition) is 1. The maximum Gasteiger partial charge on any atom is 0.323 e. The van der Waals surface area contributed by atoms with Gasteiger partial charge < -0.3 is 15.0 Å². The standard InChI is InChI=1S/C13H13N3O2/c1-3-9-16(10-8-14)13(17)15-11-6-4-5-7-12(11)18-2/h1,4-7H,9-10H2,2H3,(H,15,17). The minimum atomic E-state index is -0.431. The lowest BCUT2D eigenvalue weighted by molar-refractivity contribution is 0.223. The van der Waals surface area contributed by atoms with Crippen LogP contribution in [0.5, 0.6) is 5.75 Å². The van der Waals surface area contributed by atoms with Gasteiger partial charge in [0.2, 0.25) is 0 Å². The fourth-order valence-electron chi connectivity index (χ4n) is 1.34. The van der Waals surface area contributed by atoms with Crippen LogP contribution >= 0.6 is 0 Å². The molecule has 1 N–H and O–H groups in total. The Hall–Kier alpha value is -2.66. The molecule has 5 nitrogen and oxygen atoms in total. The molecular weight excluding hydrogens is 230 g/mol. The number of urea groups is 1. The second-order valence-electron chi connectivity index (χ2n) is 3.35. The molecular formula is C13H13N3O2. The number of rotatable bonds is 4. The zero-order valence-corrected chi connectivity index (χ0v) is 10.0. The molecule has 0 bridgehead atoms. The molecule has 0 fully saturated rings. The van der Waals surface area contributed by atoms with E-state index in [1.807, 2.05) is 6.07 Å². The normalized spacial score (nSPS) is 8.83. The Morgan fingerprint density at radius 3 is 2.83 bits per heavy atom. The molecule has 0 unspecified atom stereocenters. The van der Waals surface area contributed by atoms with Crippen LogP contribution in [0.3, 0.4) is 0 Å². The number of para-hydroxylation sites is 2. The average Bonchev–Trinajstić information content (AvgIpc) is 2.39. The maximum absolute atomic E-state index is 11.9. The molecule has 0 saturated heterocycles. The first-order valence-corrected chi connectivity index (χ1v) is 5.22. The minimum absolute atomic E-state index is 0.0643. The fraction of sp³-hybridized carbons (Fsp3) is 0.231. The number of amides is 2. The molecule has 18 heavy (non-hydrogen) atoms. The van der Waals surface area contributed by atoms with Gasteiger partial charge in [-0.2, -0.15) is 5.26 Å². The van der Waals surface area contributed by atoms with Gasteiger partial charge in [0.1, 0.15) is 12.3 Å². The number of hydrogen-bond acceptors (Lipinski definition) is 3. The lowest BCUT2D eigenvalue weighted by Crippen LogP contribution is -2.35. The summed E-state index contributed by atoms with van der Waals surface area (Å²) in [5, 5.41) is 11.3. The monoisotopic (exact) mass is 243 g/mol. The van der Waals surface area contributed by atoms with Gasteiger partial charge in [0, 0.05) is 0 Å². The van der Waals surface area contributed by atoms with E-state index in [0.717, 1.165) is 0 Å². The van der Waals surface area contributed by atoms with Gasteiger partial charge in [0.25, 0.3) is 0 Å². The maximum atomic E-state index is 11.9. The van der Waals surface area contributed by atoms with Gasteiger partial charge in [-0.3, -0.25) is 0 Å². The third-order valence-electron chi connectivity index (χ3n) is 2.18. The molecule has 1 rings (SSSR count). The number of ether oxygens (including phenoxy) is 1. The Morgan fingerprint density at radius 1 is 1.50 bits per heavy atom. The second kappa shape index (κ2) is 6.82. The van der Waals surface area contributed by atoms with Crippen LogP contribution in [0.1, 0.15) is 0 Å². The summed E-state index contributed by atoms with van der Waals surface area (Å²) < 4.78 is 5.11. The zero-order chi connectivity index (χ0) is 13.4. The summed E-state index contributed by atoms with van der Waals surface area (Å²) in [4.78, 5) is 13.1. The van der Waals surface area contributed by atoms with Crippen molar-refractivity contribution in [2.24, 2.45) is 0 Å². The van der Waals surface area contributed by atoms with E-state index in [1.165, 1.54) is 12.0 Å². The molecule has 0 spiro atoms. The molecule has 0 aliphatic rings. The highest BCUT2D eigenvalue weighted by molar-refractivity contribution is 5.91. The lowest BCUT2D eigenvalue weighted by atomic mass is 10.3. The Morgan fingerprint density at radius 2 is 2.22 bits per heavy atom. The molecule has 0 aliphatic heterocycles. The van der Waals surface area contributed by atoms with E-state index < -0.39 is 6.03 Å². The highest BCUT2D eigenvalue weighted by Gasteiger charge is 2.13. The van der Waals surface area contributed by atoms with Crippen LogP contribution in [0.4, 0.5) is 10.5 Å². The summed E-state index contributed by atoms with van der Waals surface area (Å²) in [5.41, 5.74) is 0.532. The number of nitrogens with one attached hydrogen (secondary N) is 1. The van der Waals surface area contributed by atoms with Gasteiger partial charge in [-0.1, -0.05) is 18.1 Å². The Kier molecular flexibility index (Phi) is 5.08. The first-order chi connectivity index (χ1) is 8.72. The van der Waals surface area contributed by atoms with Crippen molar-refractivity contribution in [2.75, 3.05) is 25.5 Å². The van der Waals surface area contributed by atoms with Gasteiger partial charge >= 0.3 is 6.03 Å². The summed E-state index contributed by atoms with van der Waals surface area (Å²) in [7, 11) is 1.51. The van der Waals surface area contributed by atoms with E-state index in [1.54, 1.807) is 24.3 Å². The van der Waals surface area contributed by atoms with Crippen molar-refractivity contribution in [2.45, 2.75) is 0 Å². The van der Waals surface area contributed by atoms with Crippen molar-refractivity contribution in [3.8, 4) is 24.2 Å². The molecule has 0 radical (unpaired) electrons. The predicted molar refractivity (Wildman–Crippen MR) is 68.0 cm³/mol. The molecule has 0 aliphatic carbocycles. The summed E-state index contributed by atoms with van der Waals surface area (Å²) >= 11 is 0. The number of methoxy groups -OCH3 is 1. The molecule has 0 saturated carbocycles. The molecule has 0 heterocycles. The molecule has 0 atom stereocenters. The Balaban J connectivity index is 2.80. The fourth-order valence-corrected chi connectivity index (χ4v) is 1.34. The van der Waals surface area contributed by atoms with E-state index in [2.05, 4.69) is 11.2 Å². The minimum Gasteiger partial charge on any atom is -0.495 e. The van der Waals surface area contributed by atoms with Crippen LogP contribution < -0.4 is 10.1 Å². The number of benzene rings is 1. The summed E-state index contributed by atoms with van der Waals surface area (Å²) in [5.74, 6) is 2.88. The third kappa shape index (κ3) is 3.43. The SMILES string of the molecule is C#CCN(CC#N)C(=O)Nc1ccccc1OC. The van der Waals surface area contributed by atoms with Crippen molar-refractivity contribution < 1.29 is 9.53 Å². The largest absolute Gasteiger partial charge is 0.495 e. The van der Waals surface area contributed by atoms with Crippen molar-refractivity contribution in [3.05, 3.63) is 24.3 Å². The van der Waals surface area contributed by atoms with Gasteiger partial charge in [-0.05, 0) is 12.1 Å². The Labute approximate surface area is 106 Å². The van der Waals surface area contributed by atoms with E-state index in [4.69, 9.17) is 16.4 Å². The van der Waals surface area contributed by atoms with Crippen LogP contribution in [0.2, 0.25) is 0 Å². The van der Waals surface area contributed by atoms with Crippen LogP contribution in [0, 0.1) is 23.7 Å². The van der Waals surface area contributed by atoms with Crippen LogP contribution in [-0.4, -0.2) is 31.1 Å². The smallest absolute Gasteiger partial charge is 0.323 e. The Bertz CT molecular complexity index is 484. The number of terminal acetylenes is 1. The van der Waals surface area contributed by atoms with E-state index >= 15 is 0 Å². The summed E-state index contributed by atoms with van der Waals surface area (Å²) in [6.07, 6.45) is 5.14. The third-order valence-corrected chi connectivity index (χ3v) is 2.18. The summed E-state index contributed by atoms with van der Waals surface area (Å²) in [6, 6.07) is 8.45. The van der Waals surface area contributed by atoms with E-state index in [9.17, 15) is 4.79 Å². The molecule has 1 aromatic carbocycles. The lowest BCUT2D eigenvalue weighted by Gasteiger charge is -2.18. The topological polar surface area (TPSA) is 65.4 Å². The van der Waals surface area contributed by atoms with Crippen molar-refractivity contribution in [1.82, 2.24) is 4.90 Å². The number of nitriles is 1. The first kappa shape index (κ1) is 13.4. The number of nitrogens with zero attached hydrogens (tertiary/aromatic N) is 2. The summed E-state index contributed by atoms with van der Waals surface area (Å²) in [6.45, 7) is 0.0136. The number of anilines is 1. The molecule has 0 aromatic heterocycles. The van der Waals surface area contributed by atoms with Crippen molar-refractivity contribution in [1.29, 1.82) is 5.26 Å². The van der Waals surface area contributed by atoms with Crippen molar-refractivity contribution in [3.63, 3.8) is 0 Å². The van der Waals surface area contributed by atoms with E-state index in [-0.39, 0.29) is 13.1 Å². The molecule has 5 heteroatoms. The van der Waals surface area contributed by atoms with E-state index in [0.29, 0.717) is 11.4 Å². The van der Waals surface area contributed by atoms with Gasteiger partial charge in [0.15, 0.2) is 0 Å². The molecule has 92 valence electrons. The molecule has 2 amide bonds. The highest BCUT2D eigenvalue weighted by Crippen LogP contribution is 2.23. The second-order valence-corrected chi connectivity index (χ2v) is 3.35. The zero-order valence-electron chi connectivity index (χ0n) is 10.0. The first-order valence-electron chi connectivity index (χ1n) is 5.22. The van der Waals surface area contributed by atoms with Crippen molar-refractivity contribution >= 4 is 11.7 Å². The van der Waals surface area contributed by atoms with Crippen LogP contribution in [0.15, 0.2) is 24.3 Å². The van der Waals surface area contributed by atoms with Gasteiger partial charge in [-0.25, -0.2) is 4.79 Å². The predicted octanol–water partition coefficient (Wildman–Crippen LogP) is 1.69. The number of carbonyl (C=O) groups excluding carboxylic acids is 1. The van der Waals surface area contributed by atoms with Crippen LogP contribution in [0.25, 0.3) is 0 Å². The van der Waals surface area contributed by atoms with Crippen LogP contribution in [-0.2, 0) is 0 Å². The average molecular weight is 243 g/mol. The van der Waals surface area contributed by atoms with Gasteiger partial charge in [-0.15, -0.1) is 6.42 Å².